The van der Waals surface area contributed by atoms with Crippen molar-refractivity contribution < 1.29 is 9.59 Å². The van der Waals surface area contributed by atoms with Gasteiger partial charge in [0.2, 0.25) is 11.8 Å². The number of thioether (sulfide) groups is 1. The van der Waals surface area contributed by atoms with Crippen molar-refractivity contribution in [3.8, 4) is 0 Å². The highest BCUT2D eigenvalue weighted by atomic mass is 32.2. The molecule has 2 aromatic carbocycles. The minimum Gasteiger partial charge on any atom is -0.326 e. The van der Waals surface area contributed by atoms with E-state index in [1.807, 2.05) is 59.1 Å². The molecule has 2 aliphatic heterocycles. The largest absolute Gasteiger partial charge is 0.326 e. The minimum absolute atomic E-state index is 0.0296. The third-order valence-electron chi connectivity index (χ3n) is 5.36. The minimum atomic E-state index is -0.139. The molecule has 4 nitrogen and oxygen atoms in total. The lowest BCUT2D eigenvalue weighted by molar-refractivity contribution is -0.121. The van der Waals surface area contributed by atoms with Crippen LogP contribution in [0.2, 0.25) is 0 Å². The van der Waals surface area contributed by atoms with Gasteiger partial charge in [0.25, 0.3) is 0 Å². The normalized spacial score (nSPS) is 21.7. The maximum absolute atomic E-state index is 13.0. The van der Waals surface area contributed by atoms with Crippen LogP contribution in [0.4, 0.5) is 11.4 Å². The van der Waals surface area contributed by atoms with E-state index in [0.717, 1.165) is 29.9 Å². The Balaban J connectivity index is 1.45. The Bertz CT molecular complexity index is 867. The molecule has 2 atom stereocenters. The molecule has 2 aliphatic rings. The number of nitrogens with zero attached hydrogens (tertiary/aromatic N) is 1. The van der Waals surface area contributed by atoms with Crippen molar-refractivity contribution in [2.75, 3.05) is 16.8 Å². The first-order valence-electron chi connectivity index (χ1n) is 9.56. The van der Waals surface area contributed by atoms with Gasteiger partial charge < -0.3 is 10.2 Å². The first kappa shape index (κ1) is 18.1. The van der Waals surface area contributed by atoms with E-state index < -0.39 is 0 Å². The van der Waals surface area contributed by atoms with Crippen molar-refractivity contribution in [3.63, 3.8) is 0 Å². The molecule has 0 saturated carbocycles. The molecule has 140 valence electrons. The molecule has 0 spiro atoms. The summed E-state index contributed by atoms with van der Waals surface area (Å²) in [5.41, 5.74) is 3.06. The molecule has 2 amide bonds. The molecule has 0 fully saturated rings. The van der Waals surface area contributed by atoms with Crippen molar-refractivity contribution in [3.05, 3.63) is 54.1 Å². The third-order valence-corrected chi connectivity index (χ3v) is 6.60. The van der Waals surface area contributed by atoms with Gasteiger partial charge in [0.15, 0.2) is 0 Å². The molecular weight excluding hydrogens is 356 g/mol. The molecular formula is C22H24N2O2S. The highest BCUT2D eigenvalue weighted by molar-refractivity contribution is 8.00. The Labute approximate surface area is 164 Å². The van der Waals surface area contributed by atoms with E-state index in [0.29, 0.717) is 24.5 Å². The van der Waals surface area contributed by atoms with Crippen molar-refractivity contribution in [1.82, 2.24) is 0 Å². The molecule has 0 saturated heterocycles. The Morgan fingerprint density at radius 2 is 1.96 bits per heavy atom. The summed E-state index contributed by atoms with van der Waals surface area (Å²) in [6, 6.07) is 16.0. The quantitative estimate of drug-likeness (QED) is 0.853. The molecule has 2 unspecified atom stereocenters. The van der Waals surface area contributed by atoms with E-state index >= 15 is 0 Å². The van der Waals surface area contributed by atoms with Gasteiger partial charge in [-0.15, -0.1) is 11.8 Å². The first-order chi connectivity index (χ1) is 13.1. The Morgan fingerprint density at radius 3 is 2.85 bits per heavy atom. The zero-order valence-electron chi connectivity index (χ0n) is 15.5. The Hall–Kier alpha value is -2.27. The standard InChI is InChI=1S/C22H24N2O2S/c1-15-12-13-24(19-8-4-5-9-20(19)27-15)21(25)11-10-17-14-16-6-2-3-7-18(16)23-22(17)26/h2-9,15,17H,10-14H2,1H3,(H,23,26). The van der Waals surface area contributed by atoms with Gasteiger partial charge >= 0.3 is 0 Å². The van der Waals surface area contributed by atoms with Gasteiger partial charge in [-0.25, -0.2) is 0 Å². The van der Waals surface area contributed by atoms with Crippen LogP contribution in [-0.2, 0) is 16.0 Å². The van der Waals surface area contributed by atoms with Crippen LogP contribution in [-0.4, -0.2) is 23.6 Å². The molecule has 0 aromatic heterocycles. The maximum Gasteiger partial charge on any atom is 0.227 e. The highest BCUT2D eigenvalue weighted by Crippen LogP contribution is 2.37. The van der Waals surface area contributed by atoms with Crippen molar-refractivity contribution in [1.29, 1.82) is 0 Å². The Kier molecular flexibility index (Phi) is 5.21. The fraction of sp³-hybridized carbons (Fsp3) is 0.364. The van der Waals surface area contributed by atoms with Crippen LogP contribution in [0.15, 0.2) is 53.4 Å². The van der Waals surface area contributed by atoms with Crippen LogP contribution in [0.3, 0.4) is 0 Å². The second-order valence-corrected chi connectivity index (χ2v) is 8.80. The highest BCUT2D eigenvalue weighted by Gasteiger charge is 2.28. The first-order valence-corrected chi connectivity index (χ1v) is 10.4. The topological polar surface area (TPSA) is 49.4 Å². The van der Waals surface area contributed by atoms with Crippen molar-refractivity contribution in [2.45, 2.75) is 42.8 Å². The summed E-state index contributed by atoms with van der Waals surface area (Å²) < 4.78 is 0. The number of para-hydroxylation sites is 2. The van der Waals surface area contributed by atoms with Crippen molar-refractivity contribution >= 4 is 35.0 Å². The van der Waals surface area contributed by atoms with Gasteiger partial charge in [-0.05, 0) is 43.0 Å². The summed E-state index contributed by atoms with van der Waals surface area (Å²) in [7, 11) is 0. The number of fused-ring (bicyclic) bond motifs is 2. The molecule has 0 aliphatic carbocycles. The van der Waals surface area contributed by atoms with Gasteiger partial charge in [0.1, 0.15) is 0 Å². The summed E-state index contributed by atoms with van der Waals surface area (Å²) in [4.78, 5) is 28.5. The van der Waals surface area contributed by atoms with Gasteiger partial charge in [-0.3, -0.25) is 9.59 Å². The van der Waals surface area contributed by atoms with E-state index in [1.165, 1.54) is 4.90 Å². The van der Waals surface area contributed by atoms with Gasteiger partial charge in [0, 0.05) is 34.7 Å². The smallest absolute Gasteiger partial charge is 0.227 e. The lowest BCUT2D eigenvalue weighted by atomic mass is 9.89. The number of amides is 2. The van der Waals surface area contributed by atoms with Crippen LogP contribution < -0.4 is 10.2 Å². The monoisotopic (exact) mass is 380 g/mol. The number of hydrogen-bond acceptors (Lipinski definition) is 3. The van der Waals surface area contributed by atoms with Crippen molar-refractivity contribution in [2.24, 2.45) is 5.92 Å². The second kappa shape index (κ2) is 7.77. The summed E-state index contributed by atoms with van der Waals surface area (Å²) in [5, 5.41) is 3.47. The van der Waals surface area contributed by atoms with E-state index in [2.05, 4.69) is 18.3 Å². The number of hydrogen-bond donors (Lipinski definition) is 1. The zero-order chi connectivity index (χ0) is 18.8. The fourth-order valence-corrected chi connectivity index (χ4v) is 4.94. The third kappa shape index (κ3) is 3.88. The van der Waals surface area contributed by atoms with Gasteiger partial charge in [-0.1, -0.05) is 37.3 Å². The number of carbonyl (C=O) groups excluding carboxylic acids is 2. The molecule has 1 N–H and O–H groups in total. The van der Waals surface area contributed by atoms with E-state index in [4.69, 9.17) is 0 Å². The average Bonchev–Trinajstić information content (AvgIpc) is 2.84. The molecule has 0 bridgehead atoms. The van der Waals surface area contributed by atoms with Crippen LogP contribution >= 0.6 is 11.8 Å². The molecule has 4 rings (SSSR count). The number of anilines is 2. The summed E-state index contributed by atoms with van der Waals surface area (Å²) >= 11 is 1.83. The number of carbonyl (C=O) groups is 2. The molecule has 5 heteroatoms. The number of nitrogens with one attached hydrogen (secondary N) is 1. The molecule has 27 heavy (non-hydrogen) atoms. The average molecular weight is 381 g/mol. The van der Waals surface area contributed by atoms with Gasteiger partial charge in [0.05, 0.1) is 5.69 Å². The summed E-state index contributed by atoms with van der Waals surface area (Å²) in [5.74, 6) is 0.00474. The van der Waals surface area contributed by atoms with Crippen LogP contribution in [0, 0.1) is 5.92 Å². The van der Waals surface area contributed by atoms with Gasteiger partial charge in [-0.2, -0.15) is 0 Å². The summed E-state index contributed by atoms with van der Waals surface area (Å²) in [6.07, 6.45) is 2.66. The summed E-state index contributed by atoms with van der Waals surface area (Å²) in [6.45, 7) is 2.95. The lowest BCUT2D eigenvalue weighted by Crippen LogP contribution is -2.34. The zero-order valence-corrected chi connectivity index (χ0v) is 16.3. The fourth-order valence-electron chi connectivity index (χ4n) is 3.82. The number of rotatable bonds is 3. The second-order valence-electron chi connectivity index (χ2n) is 7.32. The van der Waals surface area contributed by atoms with Crippen LogP contribution in [0.25, 0.3) is 0 Å². The molecule has 0 radical (unpaired) electrons. The van der Waals surface area contributed by atoms with Crippen LogP contribution in [0.5, 0.6) is 0 Å². The SMILES string of the molecule is CC1CCN(C(=O)CCC2Cc3ccccc3NC2=O)c2ccccc2S1. The molecule has 2 aromatic rings. The van der Waals surface area contributed by atoms with Crippen LogP contribution in [0.1, 0.15) is 31.7 Å². The Morgan fingerprint density at radius 1 is 1.19 bits per heavy atom. The van der Waals surface area contributed by atoms with E-state index in [1.54, 1.807) is 0 Å². The molecule has 2 heterocycles. The predicted molar refractivity (Wildman–Crippen MR) is 110 cm³/mol. The predicted octanol–water partition coefficient (Wildman–Crippen LogP) is 4.50. The maximum atomic E-state index is 13.0. The lowest BCUT2D eigenvalue weighted by Gasteiger charge is -2.26. The van der Waals surface area contributed by atoms with E-state index in [-0.39, 0.29) is 17.7 Å². The van der Waals surface area contributed by atoms with E-state index in [9.17, 15) is 9.59 Å². The number of benzene rings is 2.